The predicted octanol–water partition coefficient (Wildman–Crippen LogP) is 5.24. The summed E-state index contributed by atoms with van der Waals surface area (Å²) in [6.45, 7) is 2.78. The fraction of sp³-hybridized carbons (Fsp3) is 0.750. The lowest BCUT2D eigenvalue weighted by atomic mass is 10.5. The molecule has 12 heteroatoms. The van der Waals surface area contributed by atoms with E-state index in [0.717, 1.165) is 0 Å². The standard InChI is InChI=1S/C8H7F10OP/c1-2-3-4-20(19,7(15,16)5(9,10)11)8(17,18)6(12,13)14/h2H,1,3-4H2. The van der Waals surface area contributed by atoms with Crippen LogP contribution in [-0.2, 0) is 4.57 Å². The molecule has 0 aliphatic heterocycles. The molecule has 0 atom stereocenters. The molecule has 0 bridgehead atoms. The molecule has 0 aliphatic rings. The van der Waals surface area contributed by atoms with Crippen molar-refractivity contribution in [2.45, 2.75) is 30.1 Å². The van der Waals surface area contributed by atoms with Crippen molar-refractivity contribution >= 4 is 7.14 Å². The van der Waals surface area contributed by atoms with Gasteiger partial charge in [0.2, 0.25) is 7.14 Å². The molecular weight excluding hydrogens is 333 g/mol. The summed E-state index contributed by atoms with van der Waals surface area (Å²) >= 11 is 0. The first kappa shape index (κ1) is 19.3. The molecule has 0 amide bonds. The number of halogens is 10. The number of hydrogen-bond donors (Lipinski definition) is 0. The van der Waals surface area contributed by atoms with Gasteiger partial charge in [0.1, 0.15) is 0 Å². The quantitative estimate of drug-likeness (QED) is 0.380. The number of rotatable bonds is 5. The lowest BCUT2D eigenvalue weighted by Crippen LogP contribution is -2.48. The first-order valence-corrected chi connectivity index (χ1v) is 6.54. The minimum absolute atomic E-state index is 0.506. The van der Waals surface area contributed by atoms with E-state index in [2.05, 4.69) is 6.58 Å². The molecule has 0 unspecified atom stereocenters. The summed E-state index contributed by atoms with van der Waals surface area (Å²) in [5.74, 6) is 0. The van der Waals surface area contributed by atoms with Crippen molar-refractivity contribution in [2.24, 2.45) is 0 Å². The Morgan fingerprint density at radius 2 is 1.10 bits per heavy atom. The summed E-state index contributed by atoms with van der Waals surface area (Å²) in [5, 5.41) is 0. The average molecular weight is 340 g/mol. The monoisotopic (exact) mass is 340 g/mol. The second-order valence-corrected chi connectivity index (χ2v) is 6.67. The maximum absolute atomic E-state index is 12.9. The largest absolute Gasteiger partial charge is 0.461 e. The van der Waals surface area contributed by atoms with Crippen LogP contribution < -0.4 is 0 Å². The second kappa shape index (κ2) is 5.23. The van der Waals surface area contributed by atoms with Crippen LogP contribution in [0.2, 0.25) is 0 Å². The van der Waals surface area contributed by atoms with Crippen molar-refractivity contribution in [3.05, 3.63) is 12.7 Å². The van der Waals surface area contributed by atoms with Gasteiger partial charge < -0.3 is 4.57 Å². The van der Waals surface area contributed by atoms with E-state index in [-0.39, 0.29) is 0 Å². The number of alkyl halides is 10. The van der Waals surface area contributed by atoms with Gasteiger partial charge in [-0.3, -0.25) is 0 Å². The zero-order valence-electron chi connectivity index (χ0n) is 9.33. The van der Waals surface area contributed by atoms with Crippen LogP contribution in [0.4, 0.5) is 43.9 Å². The van der Waals surface area contributed by atoms with Crippen molar-refractivity contribution in [3.63, 3.8) is 0 Å². The molecule has 0 N–H and O–H groups in total. The van der Waals surface area contributed by atoms with E-state index < -0.39 is 43.4 Å². The molecule has 0 saturated carbocycles. The van der Waals surface area contributed by atoms with Gasteiger partial charge in [-0.25, -0.2) is 0 Å². The van der Waals surface area contributed by atoms with Crippen molar-refractivity contribution in [1.29, 1.82) is 0 Å². The van der Waals surface area contributed by atoms with Crippen LogP contribution in [0.3, 0.4) is 0 Å². The summed E-state index contributed by atoms with van der Waals surface area (Å²) in [6.07, 6.45) is -16.4. The van der Waals surface area contributed by atoms with Gasteiger partial charge in [-0.15, -0.1) is 6.58 Å². The van der Waals surface area contributed by atoms with E-state index in [9.17, 15) is 48.5 Å². The topological polar surface area (TPSA) is 17.1 Å². The van der Waals surface area contributed by atoms with Crippen LogP contribution in [-0.4, -0.2) is 29.8 Å². The predicted molar refractivity (Wildman–Crippen MR) is 49.3 cm³/mol. The molecule has 0 saturated heterocycles. The van der Waals surface area contributed by atoms with Crippen LogP contribution in [0.1, 0.15) is 6.42 Å². The van der Waals surface area contributed by atoms with Crippen LogP contribution in [0.25, 0.3) is 0 Å². The van der Waals surface area contributed by atoms with Crippen molar-refractivity contribution in [3.8, 4) is 0 Å². The summed E-state index contributed by atoms with van der Waals surface area (Å²) in [4.78, 5) is 0. The van der Waals surface area contributed by atoms with Gasteiger partial charge in [-0.2, -0.15) is 43.9 Å². The summed E-state index contributed by atoms with van der Waals surface area (Å²) < 4.78 is 135. The zero-order valence-corrected chi connectivity index (χ0v) is 10.2. The molecule has 120 valence electrons. The Bertz CT molecular complexity index is 376. The highest BCUT2D eigenvalue weighted by atomic mass is 31.2. The van der Waals surface area contributed by atoms with E-state index in [1.165, 1.54) is 0 Å². The number of hydrogen-bond acceptors (Lipinski definition) is 1. The van der Waals surface area contributed by atoms with Crippen LogP contribution >= 0.6 is 7.14 Å². The fourth-order valence-corrected chi connectivity index (χ4v) is 3.42. The van der Waals surface area contributed by atoms with E-state index in [0.29, 0.717) is 6.08 Å². The van der Waals surface area contributed by atoms with Gasteiger partial charge >= 0.3 is 23.7 Å². The molecule has 0 aromatic rings. The van der Waals surface area contributed by atoms with Crippen molar-refractivity contribution in [2.75, 3.05) is 6.16 Å². The average Bonchev–Trinajstić information content (AvgIpc) is 2.22. The molecule has 20 heavy (non-hydrogen) atoms. The van der Waals surface area contributed by atoms with E-state index in [1.807, 2.05) is 0 Å². The molecule has 0 aliphatic carbocycles. The lowest BCUT2D eigenvalue weighted by molar-refractivity contribution is -0.266. The maximum atomic E-state index is 12.9. The normalized spacial score (nSPS) is 15.3. The Morgan fingerprint density at radius 3 is 1.30 bits per heavy atom. The summed E-state index contributed by atoms with van der Waals surface area (Å²) in [6, 6.07) is 0. The molecule has 0 rings (SSSR count). The van der Waals surface area contributed by atoms with E-state index >= 15 is 0 Å². The zero-order chi connectivity index (χ0) is 16.6. The Hall–Kier alpha value is -0.730. The third-order valence-corrected chi connectivity index (χ3v) is 5.45. The van der Waals surface area contributed by atoms with Crippen molar-refractivity contribution in [1.82, 2.24) is 0 Å². The molecule has 0 fully saturated rings. The van der Waals surface area contributed by atoms with Gasteiger partial charge in [0, 0.05) is 6.16 Å². The van der Waals surface area contributed by atoms with Gasteiger partial charge in [-0.1, -0.05) is 6.08 Å². The highest BCUT2D eigenvalue weighted by Gasteiger charge is 2.82. The Kier molecular flexibility index (Phi) is 5.04. The van der Waals surface area contributed by atoms with E-state index in [1.54, 1.807) is 0 Å². The summed E-state index contributed by atoms with van der Waals surface area (Å²) in [7, 11) is -7.37. The molecule has 0 radical (unpaired) electrons. The third-order valence-electron chi connectivity index (χ3n) is 2.24. The lowest BCUT2D eigenvalue weighted by Gasteiger charge is -2.34. The first-order valence-electron chi connectivity index (χ1n) is 4.65. The molecule has 0 aromatic carbocycles. The smallest absolute Gasteiger partial charge is 0.310 e. The summed E-state index contributed by atoms with van der Waals surface area (Å²) in [5.41, 5.74) is -13.4. The second-order valence-electron chi connectivity index (χ2n) is 3.62. The van der Waals surface area contributed by atoms with Crippen LogP contribution in [0.5, 0.6) is 0 Å². The van der Waals surface area contributed by atoms with Gasteiger partial charge in [-0.05, 0) is 6.42 Å². The van der Waals surface area contributed by atoms with Gasteiger partial charge in [0.15, 0.2) is 0 Å². The Morgan fingerprint density at radius 1 is 0.800 bits per heavy atom. The highest BCUT2D eigenvalue weighted by molar-refractivity contribution is 7.66. The minimum atomic E-state index is -7.37. The fourth-order valence-electron chi connectivity index (χ4n) is 1.14. The molecule has 0 spiro atoms. The van der Waals surface area contributed by atoms with E-state index in [4.69, 9.17) is 0 Å². The molecular formula is C8H7F10OP. The Balaban J connectivity index is 6.16. The minimum Gasteiger partial charge on any atom is -0.310 e. The SMILES string of the molecule is C=CCCP(=O)(C(F)(F)C(F)(F)F)C(F)(F)C(F)(F)F. The Labute approximate surface area is 106 Å². The number of allylic oxidation sites excluding steroid dienone is 1. The highest BCUT2D eigenvalue weighted by Crippen LogP contribution is 2.77. The third kappa shape index (κ3) is 2.82. The molecule has 1 nitrogen and oxygen atoms in total. The van der Waals surface area contributed by atoms with Gasteiger partial charge in [0.05, 0.1) is 0 Å². The van der Waals surface area contributed by atoms with Crippen molar-refractivity contribution < 1.29 is 48.5 Å². The molecule has 0 heterocycles. The molecule has 0 aromatic heterocycles. The van der Waals surface area contributed by atoms with Crippen LogP contribution in [0, 0.1) is 0 Å². The first-order chi connectivity index (χ1) is 8.56. The van der Waals surface area contributed by atoms with Gasteiger partial charge in [0.25, 0.3) is 0 Å². The van der Waals surface area contributed by atoms with Crippen LogP contribution in [0.15, 0.2) is 12.7 Å². The maximum Gasteiger partial charge on any atom is 0.461 e.